The van der Waals surface area contributed by atoms with Crippen LogP contribution in [0.4, 0.5) is 0 Å². The van der Waals surface area contributed by atoms with Crippen molar-refractivity contribution in [2.75, 3.05) is 14.2 Å². The Balaban J connectivity index is 2.30. The van der Waals surface area contributed by atoms with Gasteiger partial charge in [-0.2, -0.15) is 0 Å². The number of ether oxygens (including phenoxy) is 2. The molecule has 0 amide bonds. The largest absolute Gasteiger partial charge is 0.502 e. The zero-order valence-corrected chi connectivity index (χ0v) is 14.1. The third kappa shape index (κ3) is 2.92. The molecular formula is C21H20O4. The molecule has 3 aromatic carbocycles. The lowest BCUT2D eigenvalue weighted by molar-refractivity contribution is 0.125. The molecule has 2 N–H and O–H groups in total. The summed E-state index contributed by atoms with van der Waals surface area (Å²) in [5.41, 5.74) is 0.528. The second kappa shape index (κ2) is 6.87. The maximum Gasteiger partial charge on any atom is 0.200 e. The highest BCUT2D eigenvalue weighted by Gasteiger charge is 2.35. The van der Waals surface area contributed by atoms with Gasteiger partial charge in [-0.05, 0) is 23.3 Å². The number of phenolic OH excluding ortho intramolecular Hbond substituents is 1. The topological polar surface area (TPSA) is 58.9 Å². The Kier molecular flexibility index (Phi) is 4.63. The van der Waals surface area contributed by atoms with Crippen molar-refractivity contribution in [1.82, 2.24) is 0 Å². The minimum atomic E-state index is -1.42. The van der Waals surface area contributed by atoms with E-state index in [-0.39, 0.29) is 17.2 Å². The number of rotatable bonds is 5. The van der Waals surface area contributed by atoms with Gasteiger partial charge in [-0.3, -0.25) is 0 Å². The van der Waals surface area contributed by atoms with Gasteiger partial charge in [0, 0.05) is 5.56 Å². The van der Waals surface area contributed by atoms with Crippen LogP contribution in [-0.4, -0.2) is 24.4 Å². The van der Waals surface area contributed by atoms with Gasteiger partial charge in [-0.1, -0.05) is 60.7 Å². The lowest BCUT2D eigenvalue weighted by Crippen LogP contribution is -2.28. The van der Waals surface area contributed by atoms with Gasteiger partial charge in [0.2, 0.25) is 5.75 Å². The van der Waals surface area contributed by atoms with E-state index < -0.39 is 5.60 Å². The fourth-order valence-electron chi connectivity index (χ4n) is 2.96. The molecule has 0 aliphatic heterocycles. The predicted octanol–water partition coefficient (Wildman–Crippen LogP) is 3.69. The minimum Gasteiger partial charge on any atom is -0.502 e. The zero-order valence-electron chi connectivity index (χ0n) is 14.1. The second-order valence-corrected chi connectivity index (χ2v) is 5.67. The van der Waals surface area contributed by atoms with E-state index in [1.54, 1.807) is 12.1 Å². The van der Waals surface area contributed by atoms with Crippen molar-refractivity contribution in [3.8, 4) is 17.2 Å². The molecule has 0 aliphatic carbocycles. The smallest absolute Gasteiger partial charge is 0.200 e. The number of hydrogen-bond donors (Lipinski definition) is 2. The molecule has 3 aromatic rings. The standard InChI is InChI=1S/C21H20O4/c1-24-18-13-17(14-19(25-2)20(18)22)21(23,15-9-5-3-6-10-15)16-11-7-4-8-12-16/h3-14,22-23H,1-2H3. The molecule has 4 heteroatoms. The third-order valence-electron chi connectivity index (χ3n) is 4.28. The molecule has 0 unspecified atom stereocenters. The van der Waals surface area contributed by atoms with Gasteiger partial charge in [0.15, 0.2) is 11.5 Å². The lowest BCUT2D eigenvalue weighted by Gasteiger charge is -2.31. The van der Waals surface area contributed by atoms with Crippen molar-refractivity contribution in [2.24, 2.45) is 0 Å². The molecule has 0 heterocycles. The molecule has 0 aliphatic rings. The van der Waals surface area contributed by atoms with Crippen molar-refractivity contribution in [1.29, 1.82) is 0 Å². The summed E-state index contributed by atoms with van der Waals surface area (Å²) in [5, 5.41) is 22.0. The first kappa shape index (κ1) is 16.9. The van der Waals surface area contributed by atoms with E-state index in [0.29, 0.717) is 16.7 Å². The molecule has 0 fully saturated rings. The van der Waals surface area contributed by atoms with Crippen LogP contribution in [0.25, 0.3) is 0 Å². The van der Waals surface area contributed by atoms with Gasteiger partial charge < -0.3 is 19.7 Å². The average Bonchev–Trinajstić information content (AvgIpc) is 2.69. The van der Waals surface area contributed by atoms with Gasteiger partial charge in [0.25, 0.3) is 0 Å². The van der Waals surface area contributed by atoms with E-state index in [4.69, 9.17) is 9.47 Å². The number of hydrogen-bond acceptors (Lipinski definition) is 4. The summed E-state index contributed by atoms with van der Waals surface area (Å²) in [6.45, 7) is 0. The highest BCUT2D eigenvalue weighted by Crippen LogP contribution is 2.44. The molecule has 128 valence electrons. The molecule has 0 spiro atoms. The maximum atomic E-state index is 11.8. The fraction of sp³-hybridized carbons (Fsp3) is 0.143. The second-order valence-electron chi connectivity index (χ2n) is 5.67. The molecule has 0 radical (unpaired) electrons. The first-order valence-electron chi connectivity index (χ1n) is 7.90. The van der Waals surface area contributed by atoms with Gasteiger partial charge in [0.1, 0.15) is 5.60 Å². The molecule has 0 atom stereocenters. The van der Waals surface area contributed by atoms with Crippen molar-refractivity contribution < 1.29 is 19.7 Å². The van der Waals surface area contributed by atoms with Crippen LogP contribution in [0.1, 0.15) is 16.7 Å². The highest BCUT2D eigenvalue weighted by molar-refractivity contribution is 5.58. The van der Waals surface area contributed by atoms with E-state index >= 15 is 0 Å². The Hall–Kier alpha value is -2.98. The monoisotopic (exact) mass is 336 g/mol. The molecule has 0 saturated carbocycles. The van der Waals surface area contributed by atoms with Crippen molar-refractivity contribution in [3.05, 3.63) is 89.5 Å². The van der Waals surface area contributed by atoms with Gasteiger partial charge in [-0.15, -0.1) is 0 Å². The first-order chi connectivity index (χ1) is 12.1. The highest BCUT2D eigenvalue weighted by atomic mass is 16.5. The molecule has 0 bridgehead atoms. The van der Waals surface area contributed by atoms with Gasteiger partial charge in [-0.25, -0.2) is 0 Å². The van der Waals surface area contributed by atoms with Crippen LogP contribution in [0.3, 0.4) is 0 Å². The van der Waals surface area contributed by atoms with Crippen LogP contribution in [0.5, 0.6) is 17.2 Å². The molecule has 25 heavy (non-hydrogen) atoms. The van der Waals surface area contributed by atoms with Gasteiger partial charge >= 0.3 is 0 Å². The number of aliphatic hydroxyl groups is 1. The van der Waals surface area contributed by atoms with Crippen LogP contribution in [-0.2, 0) is 5.60 Å². The zero-order chi connectivity index (χ0) is 17.9. The van der Waals surface area contributed by atoms with Crippen LogP contribution < -0.4 is 9.47 Å². The van der Waals surface area contributed by atoms with E-state index in [9.17, 15) is 10.2 Å². The summed E-state index contributed by atoms with van der Waals surface area (Å²) in [6, 6.07) is 22.0. The Labute approximate surface area is 146 Å². The van der Waals surface area contributed by atoms with E-state index in [1.165, 1.54) is 14.2 Å². The van der Waals surface area contributed by atoms with Crippen LogP contribution in [0.15, 0.2) is 72.8 Å². The quantitative estimate of drug-likeness (QED) is 0.698. The normalized spacial score (nSPS) is 11.2. The summed E-state index contributed by atoms with van der Waals surface area (Å²) in [4.78, 5) is 0. The number of phenols is 1. The Morgan fingerprint density at radius 2 is 1.08 bits per heavy atom. The van der Waals surface area contributed by atoms with Crippen molar-refractivity contribution in [2.45, 2.75) is 5.60 Å². The summed E-state index contributed by atoms with van der Waals surface area (Å²) < 4.78 is 10.5. The number of methoxy groups -OCH3 is 2. The predicted molar refractivity (Wildman–Crippen MR) is 96.2 cm³/mol. The van der Waals surface area contributed by atoms with Crippen LogP contribution in [0, 0.1) is 0 Å². The minimum absolute atomic E-state index is 0.0998. The molecule has 3 rings (SSSR count). The SMILES string of the molecule is COc1cc(C(O)(c2ccccc2)c2ccccc2)cc(OC)c1O. The third-order valence-corrected chi connectivity index (χ3v) is 4.28. The Bertz CT molecular complexity index is 780. The van der Waals surface area contributed by atoms with Gasteiger partial charge in [0.05, 0.1) is 14.2 Å². The molecule has 4 nitrogen and oxygen atoms in total. The van der Waals surface area contributed by atoms with E-state index in [1.807, 2.05) is 60.7 Å². The first-order valence-corrected chi connectivity index (χ1v) is 7.90. The van der Waals surface area contributed by atoms with Crippen molar-refractivity contribution in [3.63, 3.8) is 0 Å². The number of benzene rings is 3. The summed E-state index contributed by atoms with van der Waals surface area (Å²) in [5.74, 6) is 0.372. The molecular weight excluding hydrogens is 316 g/mol. The average molecular weight is 336 g/mol. The number of aromatic hydroxyl groups is 1. The summed E-state index contributed by atoms with van der Waals surface area (Å²) in [7, 11) is 2.92. The van der Waals surface area contributed by atoms with E-state index in [2.05, 4.69) is 0 Å². The maximum absolute atomic E-state index is 11.8. The molecule has 0 aromatic heterocycles. The molecule has 0 saturated heterocycles. The van der Waals surface area contributed by atoms with Crippen LogP contribution >= 0.6 is 0 Å². The van der Waals surface area contributed by atoms with Crippen molar-refractivity contribution >= 4 is 0 Å². The Morgan fingerprint density at radius 1 is 0.680 bits per heavy atom. The van der Waals surface area contributed by atoms with Crippen LogP contribution in [0.2, 0.25) is 0 Å². The fourth-order valence-corrected chi connectivity index (χ4v) is 2.96. The summed E-state index contributed by atoms with van der Waals surface area (Å²) in [6.07, 6.45) is 0. The lowest BCUT2D eigenvalue weighted by atomic mass is 9.80. The van der Waals surface area contributed by atoms with E-state index in [0.717, 1.165) is 0 Å². The summed E-state index contributed by atoms with van der Waals surface area (Å²) >= 11 is 0. The Morgan fingerprint density at radius 3 is 1.44 bits per heavy atom.